The van der Waals surface area contributed by atoms with Crippen molar-refractivity contribution in [2.75, 3.05) is 20.6 Å². The van der Waals surface area contributed by atoms with Gasteiger partial charge in [0, 0.05) is 12.3 Å². The van der Waals surface area contributed by atoms with E-state index >= 15 is 0 Å². The van der Waals surface area contributed by atoms with Crippen molar-refractivity contribution in [3.05, 3.63) is 0 Å². The first-order valence-electron chi connectivity index (χ1n) is 2.95. The highest BCUT2D eigenvalue weighted by molar-refractivity contribution is 5.60. The maximum Gasteiger partial charge on any atom is 0.0544 e. The van der Waals surface area contributed by atoms with E-state index in [1.54, 1.807) is 0 Å². The van der Waals surface area contributed by atoms with E-state index in [0.717, 1.165) is 13.0 Å². The summed E-state index contributed by atoms with van der Waals surface area (Å²) in [6.07, 6.45) is 3.14. The first kappa shape index (κ1) is 5.76. The lowest BCUT2D eigenvalue weighted by molar-refractivity contribution is 0.318. The second kappa shape index (κ2) is 2.27. The van der Waals surface area contributed by atoms with E-state index in [2.05, 4.69) is 24.0 Å². The van der Waals surface area contributed by atoms with Gasteiger partial charge in [0.05, 0.1) is 6.54 Å². The van der Waals surface area contributed by atoms with Crippen LogP contribution in [0.3, 0.4) is 0 Å². The minimum atomic E-state index is 0.676. The summed E-state index contributed by atoms with van der Waals surface area (Å²) in [5.74, 6) is 0. The van der Waals surface area contributed by atoms with Gasteiger partial charge in [0.2, 0.25) is 0 Å². The van der Waals surface area contributed by atoms with Crippen LogP contribution in [0.4, 0.5) is 0 Å². The van der Waals surface area contributed by atoms with Crippen molar-refractivity contribution in [1.82, 2.24) is 4.90 Å². The van der Waals surface area contributed by atoms with Crippen LogP contribution in [-0.2, 0) is 0 Å². The summed E-state index contributed by atoms with van der Waals surface area (Å²) in [5.41, 5.74) is 0. The maximum absolute atomic E-state index is 4.12. The molecule has 2 nitrogen and oxygen atoms in total. The fourth-order valence-corrected chi connectivity index (χ4v) is 0.841. The van der Waals surface area contributed by atoms with Crippen molar-refractivity contribution >= 4 is 6.21 Å². The molecule has 1 aliphatic rings. The summed E-state index contributed by atoms with van der Waals surface area (Å²) in [6, 6.07) is 0.676. The highest BCUT2D eigenvalue weighted by atomic mass is 15.1. The van der Waals surface area contributed by atoms with E-state index in [4.69, 9.17) is 0 Å². The van der Waals surface area contributed by atoms with Gasteiger partial charge >= 0.3 is 0 Å². The Bertz CT molecular complexity index is 88.7. The fourth-order valence-electron chi connectivity index (χ4n) is 0.841. The Kier molecular flexibility index (Phi) is 1.63. The second-order valence-electron chi connectivity index (χ2n) is 2.40. The lowest BCUT2D eigenvalue weighted by Gasteiger charge is -2.16. The molecule has 0 aromatic rings. The predicted molar refractivity (Wildman–Crippen MR) is 35.5 cm³/mol. The van der Waals surface area contributed by atoms with Crippen molar-refractivity contribution < 1.29 is 0 Å². The van der Waals surface area contributed by atoms with Gasteiger partial charge in [-0.05, 0) is 20.5 Å². The first-order chi connectivity index (χ1) is 3.80. The molecule has 0 spiro atoms. The number of rotatable bonds is 1. The molecule has 0 saturated heterocycles. The third-order valence-electron chi connectivity index (χ3n) is 1.55. The summed E-state index contributed by atoms with van der Waals surface area (Å²) < 4.78 is 0. The number of likely N-dealkylation sites (N-methyl/N-ethyl adjacent to an activating group) is 1. The monoisotopic (exact) mass is 112 g/mol. The number of aliphatic imine (C=N–C) groups is 1. The lowest BCUT2D eigenvalue weighted by Crippen LogP contribution is -2.27. The van der Waals surface area contributed by atoms with E-state index in [-0.39, 0.29) is 0 Å². The van der Waals surface area contributed by atoms with E-state index < -0.39 is 0 Å². The smallest absolute Gasteiger partial charge is 0.0544 e. The van der Waals surface area contributed by atoms with Gasteiger partial charge in [-0.15, -0.1) is 0 Å². The molecule has 0 aliphatic carbocycles. The van der Waals surface area contributed by atoms with Crippen molar-refractivity contribution in [2.24, 2.45) is 4.99 Å². The minimum absolute atomic E-state index is 0.676. The highest BCUT2D eigenvalue weighted by Gasteiger charge is 2.11. The Hall–Kier alpha value is -0.370. The zero-order valence-electron chi connectivity index (χ0n) is 5.46. The topological polar surface area (TPSA) is 15.6 Å². The van der Waals surface area contributed by atoms with Crippen molar-refractivity contribution in [1.29, 1.82) is 0 Å². The standard InChI is InChI=1S/C6H12N2/c1-8(2)6-3-4-7-5-6/h4,6H,3,5H2,1-2H3/t6-/m0/s1. The predicted octanol–water partition coefficient (Wildman–Crippen LogP) is 0.391. The molecule has 2 heteroatoms. The van der Waals surface area contributed by atoms with Crippen molar-refractivity contribution in [2.45, 2.75) is 12.5 Å². The van der Waals surface area contributed by atoms with Crippen LogP contribution in [0.2, 0.25) is 0 Å². The summed E-state index contributed by atoms with van der Waals surface area (Å²) >= 11 is 0. The molecule has 46 valence electrons. The Labute approximate surface area is 50.2 Å². The summed E-state index contributed by atoms with van der Waals surface area (Å²) in [6.45, 7) is 0.993. The molecule has 1 rings (SSSR count). The third-order valence-corrected chi connectivity index (χ3v) is 1.55. The molecule has 0 bridgehead atoms. The van der Waals surface area contributed by atoms with Gasteiger partial charge in [-0.1, -0.05) is 0 Å². The van der Waals surface area contributed by atoms with Crippen LogP contribution in [-0.4, -0.2) is 37.8 Å². The second-order valence-corrected chi connectivity index (χ2v) is 2.40. The molecular weight excluding hydrogens is 100 g/mol. The van der Waals surface area contributed by atoms with E-state index in [9.17, 15) is 0 Å². The lowest BCUT2D eigenvalue weighted by atomic mass is 10.2. The molecular formula is C6H12N2. The normalized spacial score (nSPS) is 27.6. The minimum Gasteiger partial charge on any atom is -0.304 e. The van der Waals surface area contributed by atoms with Crippen LogP contribution in [0.25, 0.3) is 0 Å². The van der Waals surface area contributed by atoms with E-state index in [0.29, 0.717) is 6.04 Å². The summed E-state index contributed by atoms with van der Waals surface area (Å²) in [7, 11) is 4.19. The number of hydrogen-bond acceptors (Lipinski definition) is 2. The summed E-state index contributed by atoms with van der Waals surface area (Å²) in [5, 5.41) is 0. The highest BCUT2D eigenvalue weighted by Crippen LogP contribution is 2.03. The Balaban J connectivity index is 2.29. The van der Waals surface area contributed by atoms with Gasteiger partial charge in [0.25, 0.3) is 0 Å². The van der Waals surface area contributed by atoms with E-state index in [1.807, 2.05) is 6.21 Å². The van der Waals surface area contributed by atoms with Crippen LogP contribution in [0, 0.1) is 0 Å². The van der Waals surface area contributed by atoms with Gasteiger partial charge < -0.3 is 4.90 Å². The number of nitrogens with zero attached hydrogens (tertiary/aromatic N) is 2. The van der Waals surface area contributed by atoms with Gasteiger partial charge in [-0.2, -0.15) is 0 Å². The van der Waals surface area contributed by atoms with Crippen LogP contribution >= 0.6 is 0 Å². The molecule has 0 saturated carbocycles. The van der Waals surface area contributed by atoms with Gasteiger partial charge in [0.15, 0.2) is 0 Å². The molecule has 0 radical (unpaired) electrons. The quantitative estimate of drug-likeness (QED) is 0.479. The number of hydrogen-bond donors (Lipinski definition) is 0. The average molecular weight is 112 g/mol. The SMILES string of the molecule is CN(C)[C@H]1CC=NC1. The molecule has 1 heterocycles. The molecule has 0 amide bonds. The van der Waals surface area contributed by atoms with E-state index in [1.165, 1.54) is 0 Å². The van der Waals surface area contributed by atoms with Gasteiger partial charge in [0.1, 0.15) is 0 Å². The Morgan fingerprint density at radius 2 is 2.38 bits per heavy atom. The fraction of sp³-hybridized carbons (Fsp3) is 0.833. The largest absolute Gasteiger partial charge is 0.304 e. The van der Waals surface area contributed by atoms with Crippen LogP contribution in [0.5, 0.6) is 0 Å². The van der Waals surface area contributed by atoms with Gasteiger partial charge in [-0.25, -0.2) is 0 Å². The average Bonchev–Trinajstić information content (AvgIpc) is 2.12. The molecule has 0 unspecified atom stereocenters. The summed E-state index contributed by atoms with van der Waals surface area (Å²) in [4.78, 5) is 6.33. The zero-order chi connectivity index (χ0) is 5.98. The maximum atomic E-state index is 4.12. The third kappa shape index (κ3) is 1.07. The molecule has 0 aromatic heterocycles. The molecule has 0 fully saturated rings. The molecule has 1 atom stereocenters. The van der Waals surface area contributed by atoms with Crippen molar-refractivity contribution in [3.8, 4) is 0 Å². The Morgan fingerprint density at radius 1 is 1.62 bits per heavy atom. The first-order valence-corrected chi connectivity index (χ1v) is 2.95. The zero-order valence-corrected chi connectivity index (χ0v) is 5.46. The molecule has 8 heavy (non-hydrogen) atoms. The Morgan fingerprint density at radius 3 is 2.62 bits per heavy atom. The van der Waals surface area contributed by atoms with Gasteiger partial charge in [-0.3, -0.25) is 4.99 Å². The molecule has 1 aliphatic heterocycles. The van der Waals surface area contributed by atoms with Crippen LogP contribution in [0.15, 0.2) is 4.99 Å². The molecule has 0 N–H and O–H groups in total. The van der Waals surface area contributed by atoms with Crippen molar-refractivity contribution in [3.63, 3.8) is 0 Å². The van der Waals surface area contributed by atoms with Crippen LogP contribution in [0.1, 0.15) is 6.42 Å². The van der Waals surface area contributed by atoms with Crippen LogP contribution < -0.4 is 0 Å². The molecule has 0 aromatic carbocycles.